The van der Waals surface area contributed by atoms with Crippen molar-refractivity contribution < 1.29 is 14.3 Å². The van der Waals surface area contributed by atoms with E-state index in [1.165, 1.54) is 7.11 Å². The zero-order valence-corrected chi connectivity index (χ0v) is 10.5. The highest BCUT2D eigenvalue weighted by Gasteiger charge is 2.70. The molecule has 0 amide bonds. The third kappa shape index (κ3) is 1.40. The van der Waals surface area contributed by atoms with Gasteiger partial charge in [-0.15, -0.1) is 0 Å². The van der Waals surface area contributed by atoms with Gasteiger partial charge in [-0.2, -0.15) is 0 Å². The van der Waals surface area contributed by atoms with Gasteiger partial charge in [0.1, 0.15) is 5.78 Å². The van der Waals surface area contributed by atoms with Gasteiger partial charge in [0.25, 0.3) is 0 Å². The second-order valence-corrected chi connectivity index (χ2v) is 6.09. The summed E-state index contributed by atoms with van der Waals surface area (Å²) in [6.45, 7) is 6.04. The molecule has 3 nitrogen and oxygen atoms in total. The predicted octanol–water partition coefficient (Wildman–Crippen LogP) is 2.19. The minimum atomic E-state index is -0.273. The van der Waals surface area contributed by atoms with Gasteiger partial charge in [-0.3, -0.25) is 9.59 Å². The van der Waals surface area contributed by atoms with Gasteiger partial charge < -0.3 is 4.74 Å². The topological polar surface area (TPSA) is 43.4 Å². The summed E-state index contributed by atoms with van der Waals surface area (Å²) in [4.78, 5) is 24.0. The molecule has 3 unspecified atom stereocenters. The number of carbonyl (C=O) groups excluding carboxylic acids is 2. The van der Waals surface area contributed by atoms with Crippen molar-refractivity contribution in [1.82, 2.24) is 0 Å². The molecule has 2 fully saturated rings. The van der Waals surface area contributed by atoms with E-state index in [0.717, 1.165) is 19.3 Å². The lowest BCUT2D eigenvalue weighted by Gasteiger charge is -2.21. The van der Waals surface area contributed by atoms with Crippen LogP contribution in [-0.4, -0.2) is 18.9 Å². The first-order chi connectivity index (χ1) is 7.34. The average molecular weight is 224 g/mol. The lowest BCUT2D eigenvalue weighted by Crippen LogP contribution is -2.26. The summed E-state index contributed by atoms with van der Waals surface area (Å²) in [5.74, 6) is -0.247. The van der Waals surface area contributed by atoms with Gasteiger partial charge >= 0.3 is 5.97 Å². The van der Waals surface area contributed by atoms with E-state index in [9.17, 15) is 9.59 Å². The van der Waals surface area contributed by atoms with E-state index < -0.39 is 0 Å². The van der Waals surface area contributed by atoms with Gasteiger partial charge in [0.05, 0.1) is 13.0 Å². The van der Waals surface area contributed by atoms with Crippen molar-refractivity contribution in [1.29, 1.82) is 0 Å². The fourth-order valence-corrected chi connectivity index (χ4v) is 3.31. The van der Waals surface area contributed by atoms with Crippen LogP contribution in [0.25, 0.3) is 0 Å². The Morgan fingerprint density at radius 1 is 1.31 bits per heavy atom. The first-order valence-corrected chi connectivity index (χ1v) is 5.97. The monoisotopic (exact) mass is 224 g/mol. The lowest BCUT2D eigenvalue weighted by molar-refractivity contribution is -0.144. The summed E-state index contributed by atoms with van der Waals surface area (Å²) < 4.78 is 4.80. The number of hydrogen-bond acceptors (Lipinski definition) is 3. The molecule has 0 aromatic heterocycles. The molecule has 2 aliphatic rings. The van der Waals surface area contributed by atoms with Crippen LogP contribution in [0, 0.1) is 22.7 Å². The molecule has 0 bridgehead atoms. The molecular formula is C13H20O3. The fraction of sp³-hybridized carbons (Fsp3) is 0.846. The van der Waals surface area contributed by atoms with Gasteiger partial charge in [0, 0.05) is 11.3 Å². The molecule has 0 aromatic carbocycles. The van der Waals surface area contributed by atoms with E-state index in [2.05, 4.69) is 6.92 Å². The SMILES string of the molecule is COC(=O)C1C2C(=O)C(C)(C)CCCC12C. The van der Waals surface area contributed by atoms with Crippen molar-refractivity contribution in [2.45, 2.75) is 40.0 Å². The summed E-state index contributed by atoms with van der Waals surface area (Å²) in [7, 11) is 1.40. The molecule has 3 atom stereocenters. The molecule has 16 heavy (non-hydrogen) atoms. The fourth-order valence-electron chi connectivity index (χ4n) is 3.31. The van der Waals surface area contributed by atoms with Gasteiger partial charge in [0.2, 0.25) is 0 Å². The normalized spacial score (nSPS) is 40.9. The van der Waals surface area contributed by atoms with Crippen LogP contribution >= 0.6 is 0 Å². The Bertz CT molecular complexity index is 345. The Kier molecular flexibility index (Phi) is 2.41. The third-order valence-corrected chi connectivity index (χ3v) is 4.57. The largest absolute Gasteiger partial charge is 0.469 e. The highest BCUT2D eigenvalue weighted by molar-refractivity contribution is 5.96. The van der Waals surface area contributed by atoms with Crippen LogP contribution in [0.15, 0.2) is 0 Å². The van der Waals surface area contributed by atoms with E-state index >= 15 is 0 Å². The van der Waals surface area contributed by atoms with Crippen molar-refractivity contribution in [2.75, 3.05) is 7.11 Å². The maximum absolute atomic E-state index is 12.3. The summed E-state index contributed by atoms with van der Waals surface area (Å²) in [6, 6.07) is 0. The molecular weight excluding hydrogens is 204 g/mol. The van der Waals surface area contributed by atoms with Crippen LogP contribution in [0.1, 0.15) is 40.0 Å². The van der Waals surface area contributed by atoms with Crippen molar-refractivity contribution in [3.05, 3.63) is 0 Å². The Morgan fingerprint density at radius 2 is 1.94 bits per heavy atom. The number of carbonyl (C=O) groups is 2. The molecule has 3 heteroatoms. The van der Waals surface area contributed by atoms with Crippen molar-refractivity contribution in [2.24, 2.45) is 22.7 Å². The minimum absolute atomic E-state index is 0.0996. The molecule has 0 spiro atoms. The van der Waals surface area contributed by atoms with Gasteiger partial charge in [-0.05, 0) is 18.3 Å². The Labute approximate surface area is 96.5 Å². The van der Waals surface area contributed by atoms with E-state index in [-0.39, 0.29) is 34.4 Å². The zero-order chi connectivity index (χ0) is 12.1. The molecule has 0 N–H and O–H groups in total. The van der Waals surface area contributed by atoms with Crippen LogP contribution in [0.4, 0.5) is 0 Å². The molecule has 0 aliphatic heterocycles. The van der Waals surface area contributed by atoms with Crippen LogP contribution < -0.4 is 0 Å². The first kappa shape index (κ1) is 11.6. The van der Waals surface area contributed by atoms with Crippen molar-refractivity contribution >= 4 is 11.8 Å². The molecule has 0 heterocycles. The zero-order valence-electron chi connectivity index (χ0n) is 10.5. The Hall–Kier alpha value is -0.860. The second kappa shape index (κ2) is 3.31. The maximum Gasteiger partial charge on any atom is 0.309 e. The molecule has 2 aliphatic carbocycles. The van der Waals surface area contributed by atoms with Crippen LogP contribution in [0.3, 0.4) is 0 Å². The highest BCUT2D eigenvalue weighted by Crippen LogP contribution is 2.66. The standard InChI is InChI=1S/C13H20O3/c1-12(2)6-5-7-13(3)8(10(12)14)9(13)11(15)16-4/h8-9H,5-7H2,1-4H3. The summed E-state index contributed by atoms with van der Waals surface area (Å²) in [5.41, 5.74) is -0.400. The summed E-state index contributed by atoms with van der Waals surface area (Å²) in [6.07, 6.45) is 2.93. The van der Waals surface area contributed by atoms with Gasteiger partial charge in [-0.1, -0.05) is 27.2 Å². The van der Waals surface area contributed by atoms with Gasteiger partial charge in [0.15, 0.2) is 0 Å². The molecule has 0 aromatic rings. The number of methoxy groups -OCH3 is 1. The molecule has 0 saturated heterocycles. The van der Waals surface area contributed by atoms with E-state index in [1.54, 1.807) is 0 Å². The molecule has 0 radical (unpaired) electrons. The Morgan fingerprint density at radius 3 is 2.50 bits per heavy atom. The quantitative estimate of drug-likeness (QED) is 0.641. The van der Waals surface area contributed by atoms with E-state index in [4.69, 9.17) is 4.74 Å². The van der Waals surface area contributed by atoms with Crippen LogP contribution in [0.5, 0.6) is 0 Å². The minimum Gasteiger partial charge on any atom is -0.469 e. The highest BCUT2D eigenvalue weighted by atomic mass is 16.5. The predicted molar refractivity (Wildman–Crippen MR) is 59.7 cm³/mol. The third-order valence-electron chi connectivity index (χ3n) is 4.57. The molecule has 2 saturated carbocycles. The number of Topliss-reactive ketones (excluding diaryl/α,β-unsaturated/α-hetero) is 1. The number of fused-ring (bicyclic) bond motifs is 1. The summed E-state index contributed by atoms with van der Waals surface area (Å²) >= 11 is 0. The lowest BCUT2D eigenvalue weighted by atomic mass is 9.82. The smallest absolute Gasteiger partial charge is 0.309 e. The Balaban J connectivity index is 2.27. The second-order valence-electron chi connectivity index (χ2n) is 6.09. The van der Waals surface area contributed by atoms with Crippen molar-refractivity contribution in [3.63, 3.8) is 0 Å². The number of rotatable bonds is 1. The van der Waals surface area contributed by atoms with E-state index in [0.29, 0.717) is 0 Å². The molecule has 90 valence electrons. The van der Waals surface area contributed by atoms with Crippen molar-refractivity contribution in [3.8, 4) is 0 Å². The van der Waals surface area contributed by atoms with Gasteiger partial charge in [-0.25, -0.2) is 0 Å². The number of ether oxygens (including phenoxy) is 1. The average Bonchev–Trinajstić information content (AvgIpc) is 2.82. The summed E-state index contributed by atoms with van der Waals surface area (Å²) in [5, 5.41) is 0. The number of hydrogen-bond donors (Lipinski definition) is 0. The van der Waals surface area contributed by atoms with Crippen LogP contribution in [0.2, 0.25) is 0 Å². The number of ketones is 1. The maximum atomic E-state index is 12.3. The van der Waals surface area contributed by atoms with E-state index in [1.807, 2.05) is 13.8 Å². The van der Waals surface area contributed by atoms with Crippen LogP contribution in [-0.2, 0) is 14.3 Å². The molecule has 2 rings (SSSR count). The number of esters is 1. The first-order valence-electron chi connectivity index (χ1n) is 5.97.